The van der Waals surface area contributed by atoms with Crippen LogP contribution in [0.4, 0.5) is 23.7 Å². The molecule has 1 atom stereocenters. The van der Waals surface area contributed by atoms with Gasteiger partial charge in [-0.2, -0.15) is 13.2 Å². The predicted octanol–water partition coefficient (Wildman–Crippen LogP) is 4.45. The fourth-order valence-corrected chi connectivity index (χ4v) is 2.84. The van der Waals surface area contributed by atoms with Gasteiger partial charge in [0.15, 0.2) is 0 Å². The van der Waals surface area contributed by atoms with Crippen LogP contribution in [0, 0.1) is 0 Å². The molecule has 0 bridgehead atoms. The summed E-state index contributed by atoms with van der Waals surface area (Å²) in [5.41, 5.74) is -2.37. The summed E-state index contributed by atoms with van der Waals surface area (Å²) in [7, 11) is 0. The SMILES string of the molecule is O=C1NCC(OCc2ccccc2)(C(F)(F)F)c2cc(Cl)ccc2N1. The Kier molecular flexibility index (Phi) is 4.62. The van der Waals surface area contributed by atoms with Crippen LogP contribution < -0.4 is 10.6 Å². The molecule has 0 spiro atoms. The van der Waals surface area contributed by atoms with E-state index in [4.69, 9.17) is 16.3 Å². The van der Waals surface area contributed by atoms with E-state index in [1.54, 1.807) is 30.3 Å². The first-order valence-corrected chi connectivity index (χ1v) is 7.79. The number of fused-ring (bicyclic) bond motifs is 1. The summed E-state index contributed by atoms with van der Waals surface area (Å²) in [6, 6.07) is 11.7. The average molecular weight is 371 g/mol. The van der Waals surface area contributed by atoms with E-state index in [1.165, 1.54) is 18.2 Å². The van der Waals surface area contributed by atoms with Gasteiger partial charge in [0.2, 0.25) is 5.60 Å². The summed E-state index contributed by atoms with van der Waals surface area (Å²) < 4.78 is 47.6. The molecule has 8 heteroatoms. The minimum atomic E-state index is -4.78. The standard InChI is InChI=1S/C17H14ClF3N2O2/c18-12-6-7-14-13(8-12)16(17(19,20)21,10-22-15(24)23-14)25-9-11-4-2-1-3-5-11/h1-8H,9-10H2,(H2,22,23,24). The molecule has 2 N–H and O–H groups in total. The van der Waals surface area contributed by atoms with E-state index < -0.39 is 24.4 Å². The van der Waals surface area contributed by atoms with Gasteiger partial charge in [0, 0.05) is 16.3 Å². The van der Waals surface area contributed by atoms with Crippen LogP contribution in [0.25, 0.3) is 0 Å². The largest absolute Gasteiger partial charge is 0.423 e. The third-order valence-corrected chi connectivity index (χ3v) is 4.18. The molecule has 2 aromatic rings. The molecule has 0 aromatic heterocycles. The first-order valence-electron chi connectivity index (χ1n) is 7.41. The minimum Gasteiger partial charge on any atom is -0.354 e. The molecule has 1 unspecified atom stereocenters. The molecule has 2 amide bonds. The maximum atomic E-state index is 14.1. The fourth-order valence-electron chi connectivity index (χ4n) is 2.67. The molecule has 3 rings (SSSR count). The van der Waals surface area contributed by atoms with E-state index in [0.29, 0.717) is 5.56 Å². The van der Waals surface area contributed by atoms with Crippen molar-refractivity contribution in [2.45, 2.75) is 18.4 Å². The Morgan fingerprint density at radius 2 is 1.88 bits per heavy atom. The Balaban J connectivity index is 2.08. The first kappa shape index (κ1) is 17.6. The normalized spacial score (nSPS) is 20.2. The van der Waals surface area contributed by atoms with Crippen molar-refractivity contribution in [1.29, 1.82) is 0 Å². The maximum Gasteiger partial charge on any atom is 0.423 e. The van der Waals surface area contributed by atoms with Crippen LogP contribution in [-0.2, 0) is 16.9 Å². The number of alkyl halides is 3. The highest BCUT2D eigenvalue weighted by molar-refractivity contribution is 6.30. The number of rotatable bonds is 3. The van der Waals surface area contributed by atoms with Crippen molar-refractivity contribution in [2.75, 3.05) is 11.9 Å². The van der Waals surface area contributed by atoms with Crippen molar-refractivity contribution in [2.24, 2.45) is 0 Å². The quantitative estimate of drug-likeness (QED) is 0.838. The van der Waals surface area contributed by atoms with Gasteiger partial charge in [-0.1, -0.05) is 41.9 Å². The van der Waals surface area contributed by atoms with Crippen LogP contribution in [0.5, 0.6) is 0 Å². The number of hydrogen-bond donors (Lipinski definition) is 2. The lowest BCUT2D eigenvalue weighted by Crippen LogP contribution is -2.51. The van der Waals surface area contributed by atoms with Gasteiger partial charge in [0.1, 0.15) is 0 Å². The lowest BCUT2D eigenvalue weighted by atomic mass is 9.91. The molecule has 4 nitrogen and oxygen atoms in total. The highest BCUT2D eigenvalue weighted by Crippen LogP contribution is 2.46. The van der Waals surface area contributed by atoms with E-state index in [1.807, 2.05) is 0 Å². The van der Waals surface area contributed by atoms with E-state index in [0.717, 1.165) is 0 Å². The minimum absolute atomic E-state index is 0.00443. The van der Waals surface area contributed by atoms with Crippen molar-refractivity contribution in [3.8, 4) is 0 Å². The van der Waals surface area contributed by atoms with Crippen molar-refractivity contribution in [3.63, 3.8) is 0 Å². The van der Waals surface area contributed by atoms with Crippen molar-refractivity contribution in [3.05, 3.63) is 64.7 Å². The number of halogens is 4. The number of benzene rings is 2. The molecular formula is C17H14ClF3N2O2. The molecule has 1 aliphatic rings. The lowest BCUT2D eigenvalue weighted by molar-refractivity contribution is -0.285. The highest BCUT2D eigenvalue weighted by atomic mass is 35.5. The zero-order valence-electron chi connectivity index (χ0n) is 12.9. The summed E-state index contributed by atoms with van der Waals surface area (Å²) in [5.74, 6) is 0. The zero-order valence-corrected chi connectivity index (χ0v) is 13.6. The number of carbonyl (C=O) groups excluding carboxylic acids is 1. The average Bonchev–Trinajstić information content (AvgIpc) is 2.70. The van der Waals surface area contributed by atoms with E-state index in [9.17, 15) is 18.0 Å². The lowest BCUT2D eigenvalue weighted by Gasteiger charge is -2.35. The first-order chi connectivity index (χ1) is 11.8. The zero-order chi connectivity index (χ0) is 18.1. The van der Waals surface area contributed by atoms with Crippen LogP contribution in [0.3, 0.4) is 0 Å². The second-order valence-corrected chi connectivity index (χ2v) is 6.03. The molecule has 1 heterocycles. The van der Waals surface area contributed by atoms with Gasteiger partial charge >= 0.3 is 12.2 Å². The van der Waals surface area contributed by atoms with Gasteiger partial charge in [-0.25, -0.2) is 4.79 Å². The highest BCUT2D eigenvalue weighted by Gasteiger charge is 2.59. The van der Waals surface area contributed by atoms with Gasteiger partial charge in [-0.05, 0) is 23.8 Å². The Morgan fingerprint density at radius 3 is 2.56 bits per heavy atom. The van der Waals surface area contributed by atoms with Gasteiger partial charge in [-0.3, -0.25) is 0 Å². The van der Waals surface area contributed by atoms with E-state index in [2.05, 4.69) is 10.6 Å². The maximum absolute atomic E-state index is 14.1. The predicted molar refractivity (Wildman–Crippen MR) is 87.4 cm³/mol. The number of urea groups is 1. The summed E-state index contributed by atoms with van der Waals surface area (Å²) in [6.07, 6.45) is -4.78. The number of anilines is 1. The summed E-state index contributed by atoms with van der Waals surface area (Å²) >= 11 is 5.90. The number of nitrogens with one attached hydrogen (secondary N) is 2. The summed E-state index contributed by atoms with van der Waals surface area (Å²) in [5, 5.41) is 4.71. The molecule has 132 valence electrons. The van der Waals surface area contributed by atoms with Crippen LogP contribution in [-0.4, -0.2) is 18.8 Å². The number of amides is 2. The molecule has 0 saturated heterocycles. The molecule has 25 heavy (non-hydrogen) atoms. The molecular weight excluding hydrogens is 357 g/mol. The molecule has 0 radical (unpaired) electrons. The number of ether oxygens (including phenoxy) is 1. The molecule has 0 fully saturated rings. The smallest absolute Gasteiger partial charge is 0.354 e. The summed E-state index contributed by atoms with van der Waals surface area (Å²) in [6.45, 7) is -1.04. The van der Waals surface area contributed by atoms with E-state index >= 15 is 0 Å². The monoisotopic (exact) mass is 370 g/mol. The third kappa shape index (κ3) is 3.43. The molecule has 0 aliphatic carbocycles. The second-order valence-electron chi connectivity index (χ2n) is 5.60. The Hall–Kier alpha value is -2.25. The van der Waals surface area contributed by atoms with Crippen LogP contribution in [0.15, 0.2) is 48.5 Å². The number of hydrogen-bond acceptors (Lipinski definition) is 2. The van der Waals surface area contributed by atoms with E-state index in [-0.39, 0.29) is 22.9 Å². The molecule has 1 aliphatic heterocycles. The molecule has 0 saturated carbocycles. The van der Waals surface area contributed by atoms with Crippen LogP contribution in [0.1, 0.15) is 11.1 Å². The molecule has 2 aromatic carbocycles. The number of carbonyl (C=O) groups is 1. The van der Waals surface area contributed by atoms with Crippen molar-refractivity contribution in [1.82, 2.24) is 5.32 Å². The van der Waals surface area contributed by atoms with Crippen molar-refractivity contribution >= 4 is 23.3 Å². The Morgan fingerprint density at radius 1 is 1.16 bits per heavy atom. The van der Waals surface area contributed by atoms with Crippen molar-refractivity contribution < 1.29 is 22.7 Å². The van der Waals surface area contributed by atoms with Gasteiger partial charge in [0.05, 0.1) is 13.2 Å². The topological polar surface area (TPSA) is 50.4 Å². The Labute approximate surface area is 146 Å². The van der Waals surface area contributed by atoms with Crippen LogP contribution in [0.2, 0.25) is 5.02 Å². The summed E-state index contributed by atoms with van der Waals surface area (Å²) in [4.78, 5) is 11.7. The Bertz CT molecular complexity index is 783. The van der Waals surface area contributed by atoms with Gasteiger partial charge in [-0.15, -0.1) is 0 Å². The van der Waals surface area contributed by atoms with Crippen LogP contribution >= 0.6 is 11.6 Å². The third-order valence-electron chi connectivity index (χ3n) is 3.95. The second kappa shape index (κ2) is 6.57. The van der Waals surface area contributed by atoms with Gasteiger partial charge < -0.3 is 15.4 Å². The van der Waals surface area contributed by atoms with Gasteiger partial charge in [0.25, 0.3) is 0 Å². The fraction of sp³-hybridized carbons (Fsp3) is 0.235.